The zero-order valence-electron chi connectivity index (χ0n) is 15.6. The summed E-state index contributed by atoms with van der Waals surface area (Å²) in [5.41, 5.74) is 1.29. The van der Waals surface area contributed by atoms with Crippen LogP contribution >= 0.6 is 0 Å². The molecule has 2 aromatic rings. The minimum Gasteiger partial charge on any atom is -0.367 e. The molecule has 0 bridgehead atoms. The van der Waals surface area contributed by atoms with Crippen LogP contribution in [0.5, 0.6) is 0 Å². The molecule has 26 heavy (non-hydrogen) atoms. The molecule has 0 atom stereocenters. The number of nitrogens with zero attached hydrogens (tertiary/aromatic N) is 3. The number of hydrogen-bond acceptors (Lipinski definition) is 4. The van der Waals surface area contributed by atoms with Crippen LogP contribution in [0.4, 0.5) is 10.2 Å². The standard InChI is InChI=1S/C20H25FN4O/c1-14-4-6-17(7-5-14)19(26)25-10-8-20(21,9-11-25)13-22-18-12-15(2)23-16(3)24-18/h4-7,12H,8-11,13H2,1-3H3,(H,22,23,24). The molecule has 1 aliphatic rings. The minimum atomic E-state index is -1.34. The topological polar surface area (TPSA) is 58.1 Å². The smallest absolute Gasteiger partial charge is 0.253 e. The van der Waals surface area contributed by atoms with Crippen LogP contribution < -0.4 is 5.32 Å². The van der Waals surface area contributed by atoms with E-state index in [0.717, 1.165) is 11.3 Å². The van der Waals surface area contributed by atoms with Gasteiger partial charge in [0.1, 0.15) is 17.3 Å². The third-order valence-corrected chi connectivity index (χ3v) is 4.80. The Labute approximate surface area is 153 Å². The van der Waals surface area contributed by atoms with E-state index in [1.807, 2.05) is 51.1 Å². The molecule has 0 saturated carbocycles. The lowest BCUT2D eigenvalue weighted by atomic mass is 9.92. The number of hydrogen-bond donors (Lipinski definition) is 1. The number of piperidine rings is 1. The Hall–Kier alpha value is -2.50. The van der Waals surface area contributed by atoms with Gasteiger partial charge >= 0.3 is 0 Å². The highest BCUT2D eigenvalue weighted by molar-refractivity contribution is 5.94. The summed E-state index contributed by atoms with van der Waals surface area (Å²) in [4.78, 5) is 22.8. The second-order valence-electron chi connectivity index (χ2n) is 7.10. The van der Waals surface area contributed by atoms with Crippen molar-refractivity contribution in [2.45, 2.75) is 39.3 Å². The van der Waals surface area contributed by atoms with Gasteiger partial charge < -0.3 is 10.2 Å². The van der Waals surface area contributed by atoms with Crippen molar-refractivity contribution in [3.8, 4) is 0 Å². The lowest BCUT2D eigenvalue weighted by Crippen LogP contribution is -2.47. The summed E-state index contributed by atoms with van der Waals surface area (Å²) < 4.78 is 15.1. The fourth-order valence-corrected chi connectivity index (χ4v) is 3.22. The van der Waals surface area contributed by atoms with Crippen molar-refractivity contribution in [2.24, 2.45) is 0 Å². The van der Waals surface area contributed by atoms with Gasteiger partial charge in [0.25, 0.3) is 5.91 Å². The first kappa shape index (κ1) is 18.3. The monoisotopic (exact) mass is 356 g/mol. The van der Waals surface area contributed by atoms with E-state index in [0.29, 0.717) is 43.1 Å². The summed E-state index contributed by atoms with van der Waals surface area (Å²) in [6, 6.07) is 9.32. The number of carbonyl (C=O) groups excluding carboxylic acids is 1. The quantitative estimate of drug-likeness (QED) is 0.911. The number of aryl methyl sites for hydroxylation is 3. The summed E-state index contributed by atoms with van der Waals surface area (Å²) in [5.74, 6) is 1.28. The molecule has 6 heteroatoms. The number of likely N-dealkylation sites (tertiary alicyclic amines) is 1. The van der Waals surface area contributed by atoms with Gasteiger partial charge in [0.2, 0.25) is 0 Å². The van der Waals surface area contributed by atoms with E-state index >= 15 is 4.39 Å². The van der Waals surface area contributed by atoms with Gasteiger partial charge in [0, 0.05) is 43.3 Å². The molecule has 3 rings (SSSR count). The number of amides is 1. The predicted octanol–water partition coefficient (Wildman–Crippen LogP) is 3.46. The van der Waals surface area contributed by atoms with E-state index < -0.39 is 5.67 Å². The van der Waals surface area contributed by atoms with E-state index in [1.54, 1.807) is 4.90 Å². The Bertz CT molecular complexity index is 763. The van der Waals surface area contributed by atoms with Crippen molar-refractivity contribution in [2.75, 3.05) is 25.0 Å². The normalized spacial score (nSPS) is 16.4. The van der Waals surface area contributed by atoms with E-state index in [9.17, 15) is 4.79 Å². The summed E-state index contributed by atoms with van der Waals surface area (Å²) in [6.07, 6.45) is 0.640. The molecule has 2 heterocycles. The third-order valence-electron chi connectivity index (χ3n) is 4.80. The van der Waals surface area contributed by atoms with Gasteiger partial charge in [-0.3, -0.25) is 4.79 Å². The molecule has 0 spiro atoms. The SMILES string of the molecule is Cc1ccc(C(=O)N2CCC(F)(CNc3cc(C)nc(C)n3)CC2)cc1. The van der Waals surface area contributed by atoms with Gasteiger partial charge in [0.15, 0.2) is 0 Å². The van der Waals surface area contributed by atoms with E-state index in [-0.39, 0.29) is 12.5 Å². The maximum atomic E-state index is 15.1. The van der Waals surface area contributed by atoms with Crippen molar-refractivity contribution in [3.05, 3.63) is 53.0 Å². The number of carbonyl (C=O) groups is 1. The third kappa shape index (κ3) is 4.36. The molecular formula is C20H25FN4O. The maximum Gasteiger partial charge on any atom is 0.253 e. The van der Waals surface area contributed by atoms with Crippen LogP contribution in [-0.4, -0.2) is 46.1 Å². The number of benzene rings is 1. The number of halogens is 1. The molecule has 1 fully saturated rings. The molecule has 1 amide bonds. The second-order valence-corrected chi connectivity index (χ2v) is 7.10. The lowest BCUT2D eigenvalue weighted by molar-refractivity contribution is 0.0483. The Kier molecular flexibility index (Phi) is 5.20. The molecule has 0 unspecified atom stereocenters. The summed E-state index contributed by atoms with van der Waals surface area (Å²) >= 11 is 0. The van der Waals surface area contributed by atoms with Gasteiger partial charge in [0.05, 0.1) is 6.54 Å². The Balaban J connectivity index is 1.56. The fourth-order valence-electron chi connectivity index (χ4n) is 3.22. The molecule has 0 radical (unpaired) electrons. The van der Waals surface area contributed by atoms with E-state index in [4.69, 9.17) is 0 Å². The van der Waals surface area contributed by atoms with Crippen LogP contribution in [0, 0.1) is 20.8 Å². The highest BCUT2D eigenvalue weighted by Crippen LogP contribution is 2.28. The van der Waals surface area contributed by atoms with Gasteiger partial charge in [-0.05, 0) is 32.9 Å². The largest absolute Gasteiger partial charge is 0.367 e. The van der Waals surface area contributed by atoms with Crippen LogP contribution in [0.25, 0.3) is 0 Å². The first-order valence-corrected chi connectivity index (χ1v) is 8.96. The number of alkyl halides is 1. The average Bonchev–Trinajstić information content (AvgIpc) is 2.60. The van der Waals surface area contributed by atoms with Crippen molar-refractivity contribution < 1.29 is 9.18 Å². The van der Waals surface area contributed by atoms with Crippen molar-refractivity contribution in [1.82, 2.24) is 14.9 Å². The zero-order valence-corrected chi connectivity index (χ0v) is 15.6. The predicted molar refractivity (Wildman–Crippen MR) is 100 cm³/mol. The summed E-state index contributed by atoms with van der Waals surface area (Å²) in [6.45, 7) is 6.73. The molecular weight excluding hydrogens is 331 g/mol. The highest BCUT2D eigenvalue weighted by Gasteiger charge is 2.36. The average molecular weight is 356 g/mol. The van der Waals surface area contributed by atoms with Crippen LogP contribution in [-0.2, 0) is 0 Å². The molecule has 1 aromatic carbocycles. The number of nitrogens with one attached hydrogen (secondary N) is 1. The molecule has 1 N–H and O–H groups in total. The summed E-state index contributed by atoms with van der Waals surface area (Å²) in [5, 5.41) is 3.09. The van der Waals surface area contributed by atoms with E-state index in [2.05, 4.69) is 15.3 Å². The molecule has 5 nitrogen and oxygen atoms in total. The van der Waals surface area contributed by atoms with Gasteiger partial charge in [-0.2, -0.15) is 0 Å². The zero-order chi connectivity index (χ0) is 18.7. The molecule has 1 saturated heterocycles. The molecule has 1 aromatic heterocycles. The first-order valence-electron chi connectivity index (χ1n) is 8.96. The van der Waals surface area contributed by atoms with Crippen molar-refractivity contribution in [1.29, 1.82) is 0 Å². The molecule has 0 aliphatic carbocycles. The first-order chi connectivity index (χ1) is 12.3. The number of rotatable bonds is 4. The van der Waals surface area contributed by atoms with Crippen molar-refractivity contribution in [3.63, 3.8) is 0 Å². The number of aromatic nitrogens is 2. The fraction of sp³-hybridized carbons (Fsp3) is 0.450. The molecule has 1 aliphatic heterocycles. The lowest BCUT2D eigenvalue weighted by Gasteiger charge is -2.36. The Morgan fingerprint density at radius 2 is 1.81 bits per heavy atom. The van der Waals surface area contributed by atoms with Crippen LogP contribution in [0.3, 0.4) is 0 Å². The van der Waals surface area contributed by atoms with Gasteiger partial charge in [-0.15, -0.1) is 0 Å². The minimum absolute atomic E-state index is 0.0259. The van der Waals surface area contributed by atoms with Gasteiger partial charge in [-0.25, -0.2) is 14.4 Å². The van der Waals surface area contributed by atoms with Crippen LogP contribution in [0.15, 0.2) is 30.3 Å². The van der Waals surface area contributed by atoms with Crippen molar-refractivity contribution >= 4 is 11.7 Å². The van der Waals surface area contributed by atoms with Crippen LogP contribution in [0.2, 0.25) is 0 Å². The summed E-state index contributed by atoms with van der Waals surface area (Å²) in [7, 11) is 0. The second kappa shape index (κ2) is 7.40. The maximum absolute atomic E-state index is 15.1. The van der Waals surface area contributed by atoms with Crippen LogP contribution in [0.1, 0.15) is 40.3 Å². The highest BCUT2D eigenvalue weighted by atomic mass is 19.1. The number of anilines is 1. The Morgan fingerprint density at radius 1 is 1.15 bits per heavy atom. The Morgan fingerprint density at radius 3 is 2.42 bits per heavy atom. The van der Waals surface area contributed by atoms with Gasteiger partial charge in [-0.1, -0.05) is 17.7 Å². The van der Waals surface area contributed by atoms with E-state index in [1.165, 1.54) is 0 Å². The molecule has 138 valence electrons.